The molecular weight excluding hydrogens is 410 g/mol. The third-order valence-corrected chi connectivity index (χ3v) is 5.96. The summed E-state index contributed by atoms with van der Waals surface area (Å²) < 4.78 is 1.01. The van der Waals surface area contributed by atoms with Gasteiger partial charge in [0.25, 0.3) is 0 Å². The van der Waals surface area contributed by atoms with E-state index in [1.54, 1.807) is 0 Å². The van der Waals surface area contributed by atoms with Gasteiger partial charge in [-0.15, -0.1) is 11.3 Å². The molecule has 1 fully saturated rings. The van der Waals surface area contributed by atoms with Gasteiger partial charge in [0, 0.05) is 28.5 Å². The zero-order valence-electron chi connectivity index (χ0n) is 14.9. The first-order chi connectivity index (χ1) is 12.5. The van der Waals surface area contributed by atoms with Crippen LogP contribution in [0.15, 0.2) is 39.9 Å². The maximum Gasteiger partial charge on any atom is 0.138 e. The zero-order valence-corrected chi connectivity index (χ0v) is 17.3. The number of aliphatic hydroxyl groups excluding tert-OH is 1. The quantitative estimate of drug-likeness (QED) is 0.523. The van der Waals surface area contributed by atoms with Crippen molar-refractivity contribution >= 4 is 32.8 Å². The van der Waals surface area contributed by atoms with E-state index in [0.29, 0.717) is 23.4 Å². The summed E-state index contributed by atoms with van der Waals surface area (Å²) in [5.41, 5.74) is 2.09. The van der Waals surface area contributed by atoms with E-state index in [1.807, 2.05) is 29.6 Å². The van der Waals surface area contributed by atoms with Crippen molar-refractivity contribution in [2.75, 3.05) is 19.6 Å². The largest absolute Gasteiger partial charge is 0.509 e. The highest BCUT2D eigenvalue weighted by atomic mass is 79.9. The van der Waals surface area contributed by atoms with Crippen molar-refractivity contribution in [3.05, 3.63) is 44.9 Å². The second-order valence-electron chi connectivity index (χ2n) is 7.12. The highest BCUT2D eigenvalue weighted by Gasteiger charge is 2.24. The first-order valence-electron chi connectivity index (χ1n) is 8.72. The molecule has 1 aliphatic heterocycles. The van der Waals surface area contributed by atoms with Gasteiger partial charge in [0.15, 0.2) is 0 Å². The predicted molar refractivity (Wildman–Crippen MR) is 110 cm³/mol. The van der Waals surface area contributed by atoms with Crippen LogP contribution in [0.3, 0.4) is 0 Å². The molecule has 0 bridgehead atoms. The number of likely N-dealkylation sites (tertiary alicyclic amines) is 1. The van der Waals surface area contributed by atoms with Crippen LogP contribution in [0, 0.1) is 23.2 Å². The summed E-state index contributed by atoms with van der Waals surface area (Å²) in [4.78, 5) is 6.80. The molecule has 6 heteroatoms. The monoisotopic (exact) mass is 431 g/mol. The minimum absolute atomic E-state index is 0.116. The van der Waals surface area contributed by atoms with Gasteiger partial charge in [0.1, 0.15) is 22.4 Å². The van der Waals surface area contributed by atoms with E-state index < -0.39 is 0 Å². The Morgan fingerprint density at radius 1 is 1.31 bits per heavy atom. The number of nitrogens with zero attached hydrogens (tertiary/aromatic N) is 3. The molecule has 1 aromatic heterocycles. The van der Waals surface area contributed by atoms with Gasteiger partial charge in [-0.05, 0) is 30.4 Å². The van der Waals surface area contributed by atoms with Crippen molar-refractivity contribution in [2.24, 2.45) is 11.8 Å². The van der Waals surface area contributed by atoms with Crippen LogP contribution in [0.25, 0.3) is 16.8 Å². The third kappa shape index (κ3) is 4.53. The fourth-order valence-electron chi connectivity index (χ4n) is 3.59. The van der Waals surface area contributed by atoms with Crippen LogP contribution in [-0.2, 0) is 0 Å². The summed E-state index contributed by atoms with van der Waals surface area (Å²) in [6.07, 6.45) is 1.22. The number of hydrogen-bond acceptors (Lipinski definition) is 5. The van der Waals surface area contributed by atoms with Crippen molar-refractivity contribution in [1.29, 1.82) is 5.26 Å². The van der Waals surface area contributed by atoms with Gasteiger partial charge in [-0.1, -0.05) is 41.9 Å². The number of nitriles is 1. The molecule has 136 valence electrons. The first kappa shape index (κ1) is 19.1. The van der Waals surface area contributed by atoms with E-state index in [4.69, 9.17) is 0 Å². The third-order valence-electron chi connectivity index (χ3n) is 4.58. The van der Waals surface area contributed by atoms with Crippen molar-refractivity contribution in [2.45, 2.75) is 20.3 Å². The maximum atomic E-state index is 10.6. The standard InChI is InChI=1S/C20H22BrN3OS/c1-13-7-14(2)10-24(9-13)11-19(25)17(8-22)20-23-18(12-26-20)15-3-5-16(21)6-4-15/h3-6,12-14,25H,7,9-11H2,1-2H3/b19-17-. The van der Waals surface area contributed by atoms with Crippen molar-refractivity contribution in [3.63, 3.8) is 0 Å². The lowest BCUT2D eigenvalue weighted by molar-refractivity contribution is 0.138. The molecule has 1 aromatic carbocycles. The van der Waals surface area contributed by atoms with Gasteiger partial charge in [0.2, 0.25) is 0 Å². The number of rotatable bonds is 4. The van der Waals surface area contributed by atoms with E-state index in [-0.39, 0.29) is 11.3 Å². The molecule has 2 atom stereocenters. The number of aromatic nitrogens is 1. The van der Waals surface area contributed by atoms with Crippen molar-refractivity contribution in [1.82, 2.24) is 9.88 Å². The Morgan fingerprint density at radius 2 is 1.96 bits per heavy atom. The molecule has 0 amide bonds. The molecule has 0 spiro atoms. The molecule has 1 saturated heterocycles. The Balaban J connectivity index is 1.80. The average molecular weight is 432 g/mol. The van der Waals surface area contributed by atoms with Gasteiger partial charge in [-0.2, -0.15) is 5.26 Å². The van der Waals surface area contributed by atoms with Crippen LogP contribution in [0.1, 0.15) is 25.3 Å². The van der Waals surface area contributed by atoms with Crippen LogP contribution in [0.2, 0.25) is 0 Å². The lowest BCUT2D eigenvalue weighted by Crippen LogP contribution is -2.39. The molecular formula is C20H22BrN3OS. The van der Waals surface area contributed by atoms with Crippen LogP contribution < -0.4 is 0 Å². The first-order valence-corrected chi connectivity index (χ1v) is 10.4. The molecule has 2 heterocycles. The highest BCUT2D eigenvalue weighted by Crippen LogP contribution is 2.29. The Kier molecular flexibility index (Phi) is 6.13. The molecule has 0 radical (unpaired) electrons. The van der Waals surface area contributed by atoms with Crippen LogP contribution >= 0.6 is 27.3 Å². The highest BCUT2D eigenvalue weighted by molar-refractivity contribution is 9.10. The van der Waals surface area contributed by atoms with Crippen molar-refractivity contribution < 1.29 is 5.11 Å². The fourth-order valence-corrected chi connectivity index (χ4v) is 4.70. The number of thiazole rings is 1. The Bertz CT molecular complexity index is 827. The molecule has 1 aliphatic rings. The Labute approximate surface area is 166 Å². The summed E-state index contributed by atoms with van der Waals surface area (Å²) in [6, 6.07) is 10.0. The Hall–Kier alpha value is -1.68. The minimum atomic E-state index is 0.116. The van der Waals surface area contributed by atoms with Gasteiger partial charge >= 0.3 is 0 Å². The van der Waals surface area contributed by atoms with Crippen LogP contribution in [0.4, 0.5) is 0 Å². The lowest BCUT2D eigenvalue weighted by Gasteiger charge is -2.34. The van der Waals surface area contributed by atoms with Crippen LogP contribution in [0.5, 0.6) is 0 Å². The number of allylic oxidation sites excluding steroid dienone is 1. The second-order valence-corrected chi connectivity index (χ2v) is 8.89. The molecule has 2 unspecified atom stereocenters. The van der Waals surface area contributed by atoms with Gasteiger partial charge in [-0.3, -0.25) is 4.90 Å². The van der Waals surface area contributed by atoms with E-state index >= 15 is 0 Å². The molecule has 3 rings (SSSR count). The molecule has 26 heavy (non-hydrogen) atoms. The van der Waals surface area contributed by atoms with Gasteiger partial charge in [-0.25, -0.2) is 4.98 Å². The SMILES string of the molecule is CC1CC(C)CN(C/C(O)=C(\C#N)c2nc(-c3ccc(Br)cc3)cs2)C1. The Morgan fingerprint density at radius 3 is 2.58 bits per heavy atom. The number of aliphatic hydroxyl groups is 1. The van der Waals surface area contributed by atoms with E-state index in [2.05, 4.69) is 45.7 Å². The molecule has 1 N–H and O–H groups in total. The number of hydrogen-bond donors (Lipinski definition) is 1. The predicted octanol–water partition coefficient (Wildman–Crippen LogP) is 5.34. The van der Waals surface area contributed by atoms with Crippen molar-refractivity contribution in [3.8, 4) is 17.3 Å². The lowest BCUT2D eigenvalue weighted by atomic mass is 9.92. The van der Waals surface area contributed by atoms with Crippen LogP contribution in [-0.4, -0.2) is 34.6 Å². The summed E-state index contributed by atoms with van der Waals surface area (Å²) in [6.45, 7) is 6.79. The summed E-state index contributed by atoms with van der Waals surface area (Å²) in [7, 11) is 0. The zero-order chi connectivity index (χ0) is 18.7. The molecule has 0 aliphatic carbocycles. The number of halogens is 1. The van der Waals surface area contributed by atoms with Gasteiger partial charge in [0.05, 0.1) is 12.2 Å². The smallest absolute Gasteiger partial charge is 0.138 e. The molecule has 4 nitrogen and oxygen atoms in total. The van der Waals surface area contributed by atoms with E-state index in [9.17, 15) is 10.4 Å². The fraction of sp³-hybridized carbons (Fsp3) is 0.400. The average Bonchev–Trinajstić information content (AvgIpc) is 3.05. The maximum absolute atomic E-state index is 10.6. The minimum Gasteiger partial charge on any atom is -0.509 e. The molecule has 2 aromatic rings. The summed E-state index contributed by atoms with van der Waals surface area (Å²) >= 11 is 4.82. The van der Waals surface area contributed by atoms with Gasteiger partial charge < -0.3 is 5.11 Å². The van der Waals surface area contributed by atoms with E-state index in [1.165, 1.54) is 17.8 Å². The second kappa shape index (κ2) is 8.34. The summed E-state index contributed by atoms with van der Waals surface area (Å²) in [5, 5.41) is 22.6. The topological polar surface area (TPSA) is 60.1 Å². The van der Waals surface area contributed by atoms with E-state index in [0.717, 1.165) is 28.8 Å². The summed E-state index contributed by atoms with van der Waals surface area (Å²) in [5.74, 6) is 1.34. The normalized spacial score (nSPS) is 21.9. The number of piperidine rings is 1. The molecule has 0 saturated carbocycles. The number of benzene rings is 1.